The van der Waals surface area contributed by atoms with Gasteiger partial charge in [-0.3, -0.25) is 0 Å². The first-order valence-electron chi connectivity index (χ1n) is 5.35. The first kappa shape index (κ1) is 12.8. The van der Waals surface area contributed by atoms with Gasteiger partial charge in [0.2, 0.25) is 0 Å². The highest BCUT2D eigenvalue weighted by atomic mass is 79.9. The largest absolute Gasteiger partial charge is 0.383 e. The predicted molar refractivity (Wildman–Crippen MR) is 75.1 cm³/mol. The Morgan fingerprint density at radius 2 is 2.00 bits per heavy atom. The Bertz CT molecular complexity index is 485. The molecule has 4 heteroatoms. The summed E-state index contributed by atoms with van der Waals surface area (Å²) in [7, 11) is 0. The second-order valence-electron chi connectivity index (χ2n) is 4.01. The summed E-state index contributed by atoms with van der Waals surface area (Å²) < 4.78 is 1.05. The monoisotopic (exact) mass is 311 g/mol. The summed E-state index contributed by atoms with van der Waals surface area (Å²) in [6, 6.07) is 11.6. The molecule has 1 atom stereocenters. The van der Waals surface area contributed by atoms with E-state index in [1.165, 1.54) is 0 Å². The molecule has 0 aliphatic carbocycles. The van der Waals surface area contributed by atoms with Crippen molar-refractivity contribution < 1.29 is 5.11 Å². The van der Waals surface area contributed by atoms with E-state index in [9.17, 15) is 5.11 Å². The standard InChI is InChI=1S/C13H14BrNOS/c14-11-6-12(17-8-11)7-13(16,9-15)10-4-2-1-3-5-10/h1-6,8,16H,7,9,15H2. The van der Waals surface area contributed by atoms with Crippen LogP contribution in [0, 0.1) is 0 Å². The summed E-state index contributed by atoms with van der Waals surface area (Å²) in [4.78, 5) is 1.12. The minimum absolute atomic E-state index is 0.215. The fourth-order valence-electron chi connectivity index (χ4n) is 1.78. The van der Waals surface area contributed by atoms with Crippen LogP contribution in [0.3, 0.4) is 0 Å². The number of rotatable bonds is 4. The van der Waals surface area contributed by atoms with E-state index < -0.39 is 5.60 Å². The average Bonchev–Trinajstić information content (AvgIpc) is 2.75. The SMILES string of the molecule is NCC(O)(Cc1cc(Br)cs1)c1ccccc1. The summed E-state index contributed by atoms with van der Waals surface area (Å²) in [6.45, 7) is 0.215. The van der Waals surface area contributed by atoms with Crippen LogP contribution in [0.1, 0.15) is 10.4 Å². The molecule has 1 heterocycles. The van der Waals surface area contributed by atoms with Gasteiger partial charge >= 0.3 is 0 Å². The lowest BCUT2D eigenvalue weighted by atomic mass is 9.90. The van der Waals surface area contributed by atoms with Crippen molar-refractivity contribution in [3.63, 3.8) is 0 Å². The van der Waals surface area contributed by atoms with Crippen molar-refractivity contribution in [1.82, 2.24) is 0 Å². The van der Waals surface area contributed by atoms with Gasteiger partial charge in [0.15, 0.2) is 0 Å². The van der Waals surface area contributed by atoms with E-state index in [0.29, 0.717) is 6.42 Å². The number of nitrogens with two attached hydrogens (primary N) is 1. The molecule has 2 aromatic rings. The van der Waals surface area contributed by atoms with Crippen LogP contribution >= 0.6 is 27.3 Å². The van der Waals surface area contributed by atoms with Crippen LogP contribution in [0.25, 0.3) is 0 Å². The molecule has 17 heavy (non-hydrogen) atoms. The van der Waals surface area contributed by atoms with Gasteiger partial charge < -0.3 is 10.8 Å². The van der Waals surface area contributed by atoms with Crippen LogP contribution in [0.15, 0.2) is 46.3 Å². The van der Waals surface area contributed by atoms with Crippen molar-refractivity contribution in [2.75, 3.05) is 6.54 Å². The second-order valence-corrected chi connectivity index (χ2v) is 5.92. The lowest BCUT2D eigenvalue weighted by molar-refractivity contribution is 0.0471. The van der Waals surface area contributed by atoms with Crippen molar-refractivity contribution in [2.24, 2.45) is 5.73 Å². The maximum Gasteiger partial charge on any atom is 0.107 e. The summed E-state index contributed by atoms with van der Waals surface area (Å²) >= 11 is 5.04. The molecule has 0 aliphatic rings. The Balaban J connectivity index is 2.26. The summed E-state index contributed by atoms with van der Waals surface area (Å²) in [5.41, 5.74) is 5.62. The second kappa shape index (κ2) is 5.31. The van der Waals surface area contributed by atoms with Crippen LogP contribution in [0.4, 0.5) is 0 Å². The summed E-state index contributed by atoms with van der Waals surface area (Å²) in [5.74, 6) is 0. The average molecular weight is 312 g/mol. The van der Waals surface area contributed by atoms with Gasteiger partial charge in [-0.1, -0.05) is 30.3 Å². The molecule has 1 aromatic carbocycles. The Morgan fingerprint density at radius 3 is 2.53 bits per heavy atom. The van der Waals surface area contributed by atoms with E-state index in [4.69, 9.17) is 5.73 Å². The zero-order chi connectivity index (χ0) is 12.3. The molecular weight excluding hydrogens is 298 g/mol. The maximum absolute atomic E-state index is 10.6. The van der Waals surface area contributed by atoms with Gasteiger partial charge in [0, 0.05) is 27.7 Å². The molecule has 1 unspecified atom stereocenters. The molecule has 0 bridgehead atoms. The van der Waals surface area contributed by atoms with Crippen molar-refractivity contribution in [3.8, 4) is 0 Å². The number of hydrogen-bond acceptors (Lipinski definition) is 3. The fourth-order valence-corrected chi connectivity index (χ4v) is 3.33. The molecule has 0 saturated heterocycles. The molecule has 1 aromatic heterocycles. The minimum atomic E-state index is -0.981. The molecule has 0 fully saturated rings. The molecular formula is C13H14BrNOS. The van der Waals surface area contributed by atoms with Gasteiger partial charge in [-0.05, 0) is 27.6 Å². The lowest BCUT2D eigenvalue weighted by Gasteiger charge is -2.26. The van der Waals surface area contributed by atoms with Crippen molar-refractivity contribution >= 4 is 27.3 Å². The zero-order valence-corrected chi connectivity index (χ0v) is 11.7. The van der Waals surface area contributed by atoms with Gasteiger partial charge in [0.05, 0.1) is 0 Å². The third kappa shape index (κ3) is 2.96. The van der Waals surface area contributed by atoms with Crippen molar-refractivity contribution in [1.29, 1.82) is 0 Å². The third-order valence-electron chi connectivity index (χ3n) is 2.74. The maximum atomic E-state index is 10.6. The number of aliphatic hydroxyl groups is 1. The van der Waals surface area contributed by atoms with E-state index in [2.05, 4.69) is 15.9 Å². The molecule has 0 aliphatic heterocycles. The number of hydrogen-bond donors (Lipinski definition) is 2. The van der Waals surface area contributed by atoms with E-state index in [0.717, 1.165) is 14.9 Å². The highest BCUT2D eigenvalue weighted by Crippen LogP contribution is 2.29. The van der Waals surface area contributed by atoms with Crippen LogP contribution in [0.2, 0.25) is 0 Å². The molecule has 0 radical (unpaired) electrons. The number of benzene rings is 1. The van der Waals surface area contributed by atoms with Crippen molar-refractivity contribution in [2.45, 2.75) is 12.0 Å². The smallest absolute Gasteiger partial charge is 0.107 e. The topological polar surface area (TPSA) is 46.2 Å². The lowest BCUT2D eigenvalue weighted by Crippen LogP contribution is -2.36. The number of halogens is 1. The Morgan fingerprint density at radius 1 is 1.29 bits per heavy atom. The highest BCUT2D eigenvalue weighted by Gasteiger charge is 2.28. The predicted octanol–water partition coefficient (Wildman–Crippen LogP) is 2.90. The van der Waals surface area contributed by atoms with E-state index in [1.54, 1.807) is 11.3 Å². The van der Waals surface area contributed by atoms with Gasteiger partial charge in [-0.15, -0.1) is 11.3 Å². The molecule has 0 saturated carbocycles. The van der Waals surface area contributed by atoms with Crippen molar-refractivity contribution in [3.05, 3.63) is 56.7 Å². The van der Waals surface area contributed by atoms with Gasteiger partial charge in [0.1, 0.15) is 5.60 Å². The first-order chi connectivity index (χ1) is 8.14. The summed E-state index contributed by atoms with van der Waals surface area (Å²) in [5, 5.41) is 12.6. The normalized spacial score (nSPS) is 14.5. The van der Waals surface area contributed by atoms with Crippen LogP contribution in [-0.2, 0) is 12.0 Å². The Hall–Kier alpha value is -0.680. The van der Waals surface area contributed by atoms with Gasteiger partial charge in [0.25, 0.3) is 0 Å². The fraction of sp³-hybridized carbons (Fsp3) is 0.231. The minimum Gasteiger partial charge on any atom is -0.383 e. The molecule has 3 N–H and O–H groups in total. The highest BCUT2D eigenvalue weighted by molar-refractivity contribution is 9.10. The van der Waals surface area contributed by atoms with E-state index >= 15 is 0 Å². The molecule has 0 spiro atoms. The van der Waals surface area contributed by atoms with Crippen LogP contribution in [-0.4, -0.2) is 11.7 Å². The van der Waals surface area contributed by atoms with E-state index in [1.807, 2.05) is 41.8 Å². The third-order valence-corrected chi connectivity index (χ3v) is 4.43. The zero-order valence-electron chi connectivity index (χ0n) is 9.27. The summed E-state index contributed by atoms with van der Waals surface area (Å²) in [6.07, 6.45) is 0.545. The molecule has 0 amide bonds. The molecule has 2 rings (SSSR count). The van der Waals surface area contributed by atoms with Gasteiger partial charge in [-0.25, -0.2) is 0 Å². The van der Waals surface area contributed by atoms with Crippen LogP contribution < -0.4 is 5.73 Å². The first-order valence-corrected chi connectivity index (χ1v) is 7.02. The quantitative estimate of drug-likeness (QED) is 0.912. The Labute approximate surface area is 113 Å². The Kier molecular flexibility index (Phi) is 3.99. The number of thiophene rings is 1. The van der Waals surface area contributed by atoms with E-state index in [-0.39, 0.29) is 6.54 Å². The molecule has 2 nitrogen and oxygen atoms in total. The molecule has 90 valence electrons. The van der Waals surface area contributed by atoms with Crippen LogP contribution in [0.5, 0.6) is 0 Å². The van der Waals surface area contributed by atoms with Gasteiger partial charge in [-0.2, -0.15) is 0 Å².